The molecule has 5 heteroatoms. The van der Waals surface area contributed by atoms with Crippen molar-refractivity contribution in [1.82, 2.24) is 0 Å². The summed E-state index contributed by atoms with van der Waals surface area (Å²) in [6.45, 7) is 0.122. The third-order valence-corrected chi connectivity index (χ3v) is 4.21. The lowest BCUT2D eigenvalue weighted by atomic mass is 10.0. The molecule has 2 rings (SSSR count). The molecule has 1 fully saturated rings. The van der Waals surface area contributed by atoms with Crippen LogP contribution in [0.4, 0.5) is 10.1 Å². The number of nitrogens with zero attached hydrogens (tertiary/aromatic N) is 1. The molecule has 0 aliphatic heterocycles. The van der Waals surface area contributed by atoms with Gasteiger partial charge in [0, 0.05) is 18.6 Å². The Balaban J connectivity index is 2.20. The maximum atomic E-state index is 14.0. The summed E-state index contributed by atoms with van der Waals surface area (Å²) in [5.74, 6) is -0.267. The van der Waals surface area contributed by atoms with Crippen LogP contribution in [0.3, 0.4) is 0 Å². The molecule has 1 saturated carbocycles. The summed E-state index contributed by atoms with van der Waals surface area (Å²) < 4.78 is 14.2. The van der Waals surface area contributed by atoms with Gasteiger partial charge in [-0.15, -0.1) is 0 Å². The van der Waals surface area contributed by atoms with Crippen LogP contribution in [-0.4, -0.2) is 17.8 Å². The molecule has 3 nitrogen and oxygen atoms in total. The molecule has 0 amide bonds. The maximum absolute atomic E-state index is 14.0. The number of anilines is 1. The fraction of sp³-hybridized carbons (Fsp3) is 0.462. The Kier molecular flexibility index (Phi) is 4.20. The predicted octanol–water partition coefficient (Wildman–Crippen LogP) is 3.03. The first kappa shape index (κ1) is 13.3. The van der Waals surface area contributed by atoms with Gasteiger partial charge in [0.2, 0.25) is 0 Å². The topological polar surface area (TPSA) is 56.0 Å². The van der Waals surface area contributed by atoms with Crippen LogP contribution in [0.1, 0.15) is 24.8 Å². The zero-order valence-electron chi connectivity index (χ0n) is 9.79. The number of aliphatic hydroxyl groups is 1. The molecule has 18 heavy (non-hydrogen) atoms. The van der Waals surface area contributed by atoms with Crippen LogP contribution in [0.5, 0.6) is 0 Å². The lowest BCUT2D eigenvalue weighted by Gasteiger charge is -2.21. The molecule has 0 radical (unpaired) electrons. The Morgan fingerprint density at radius 3 is 2.94 bits per heavy atom. The van der Waals surface area contributed by atoms with Gasteiger partial charge >= 0.3 is 0 Å². The number of benzene rings is 1. The molecule has 96 valence electrons. The van der Waals surface area contributed by atoms with E-state index in [1.54, 1.807) is 12.1 Å². The second-order valence-corrected chi connectivity index (χ2v) is 5.32. The maximum Gasteiger partial charge on any atom is 0.161 e. The highest BCUT2D eigenvalue weighted by Crippen LogP contribution is 2.32. The summed E-state index contributed by atoms with van der Waals surface area (Å²) in [5, 5.41) is 21.2. The van der Waals surface area contributed by atoms with Crippen LogP contribution in [0.15, 0.2) is 16.6 Å². The molecular weight excluding hydrogens is 299 g/mol. The van der Waals surface area contributed by atoms with Gasteiger partial charge in [0.1, 0.15) is 6.07 Å². The number of nitriles is 1. The minimum Gasteiger partial charge on any atom is -0.396 e. The van der Waals surface area contributed by atoms with Crippen molar-refractivity contribution in [2.24, 2.45) is 5.92 Å². The average Bonchev–Trinajstić information content (AvgIpc) is 2.82. The zero-order chi connectivity index (χ0) is 13.1. The van der Waals surface area contributed by atoms with E-state index in [9.17, 15) is 9.50 Å². The smallest absolute Gasteiger partial charge is 0.161 e. The highest BCUT2D eigenvalue weighted by atomic mass is 79.9. The molecule has 0 aromatic heterocycles. The van der Waals surface area contributed by atoms with Gasteiger partial charge < -0.3 is 10.4 Å². The van der Waals surface area contributed by atoms with Gasteiger partial charge in [-0.25, -0.2) is 4.39 Å². The fourth-order valence-corrected chi connectivity index (χ4v) is 2.83. The van der Waals surface area contributed by atoms with Crippen molar-refractivity contribution in [3.63, 3.8) is 0 Å². The quantitative estimate of drug-likeness (QED) is 0.902. The van der Waals surface area contributed by atoms with Crippen molar-refractivity contribution in [1.29, 1.82) is 5.26 Å². The van der Waals surface area contributed by atoms with Gasteiger partial charge in [0.25, 0.3) is 0 Å². The summed E-state index contributed by atoms with van der Waals surface area (Å²) in [6.07, 6.45) is 2.94. The number of hydrogen-bond acceptors (Lipinski definition) is 3. The van der Waals surface area contributed by atoms with E-state index in [0.29, 0.717) is 5.69 Å². The standard InChI is InChI=1S/C13H14BrFN2O/c14-12-8(6-16)4-5-11(13(12)15)17-10-3-1-2-9(10)7-18/h4-5,9-10,17-18H,1-3,7H2. The number of halogens is 2. The van der Waals surface area contributed by atoms with Gasteiger partial charge in [-0.3, -0.25) is 0 Å². The third-order valence-electron chi connectivity index (χ3n) is 3.44. The number of hydrogen-bond donors (Lipinski definition) is 2. The van der Waals surface area contributed by atoms with E-state index in [1.165, 1.54) is 0 Å². The lowest BCUT2D eigenvalue weighted by molar-refractivity contribution is 0.222. The molecule has 1 aromatic carbocycles. The van der Waals surface area contributed by atoms with E-state index < -0.39 is 5.82 Å². The molecule has 0 heterocycles. The Morgan fingerprint density at radius 1 is 1.50 bits per heavy atom. The van der Waals surface area contributed by atoms with Crippen LogP contribution < -0.4 is 5.32 Å². The first-order valence-corrected chi connectivity index (χ1v) is 6.72. The van der Waals surface area contributed by atoms with Gasteiger partial charge in [0.15, 0.2) is 5.82 Å². The summed E-state index contributed by atoms with van der Waals surface area (Å²) in [5.41, 5.74) is 0.661. The second-order valence-electron chi connectivity index (χ2n) is 4.52. The van der Waals surface area contributed by atoms with Crippen molar-refractivity contribution >= 4 is 21.6 Å². The number of rotatable bonds is 3. The number of aliphatic hydroxyl groups excluding tert-OH is 1. The Hall–Kier alpha value is -1.12. The average molecular weight is 313 g/mol. The molecule has 0 saturated heterocycles. The van der Waals surface area contributed by atoms with Crippen molar-refractivity contribution in [3.8, 4) is 6.07 Å². The molecule has 1 aromatic rings. The largest absolute Gasteiger partial charge is 0.396 e. The number of nitrogens with one attached hydrogen (secondary N) is 1. The van der Waals surface area contributed by atoms with E-state index in [0.717, 1.165) is 19.3 Å². The lowest BCUT2D eigenvalue weighted by Crippen LogP contribution is -2.26. The van der Waals surface area contributed by atoms with Crippen LogP contribution in [0.25, 0.3) is 0 Å². The molecule has 2 atom stereocenters. The van der Waals surface area contributed by atoms with Crippen LogP contribution in [-0.2, 0) is 0 Å². The minimum absolute atomic E-state index is 0.101. The van der Waals surface area contributed by atoms with Crippen molar-refractivity contribution in [3.05, 3.63) is 28.0 Å². The van der Waals surface area contributed by atoms with E-state index in [4.69, 9.17) is 5.26 Å². The summed E-state index contributed by atoms with van der Waals surface area (Å²) in [7, 11) is 0. The minimum atomic E-state index is -0.447. The fourth-order valence-electron chi connectivity index (χ4n) is 2.39. The SMILES string of the molecule is N#Cc1ccc(NC2CCCC2CO)c(F)c1Br. The molecule has 1 aliphatic rings. The van der Waals surface area contributed by atoms with Gasteiger partial charge in [-0.05, 0) is 40.9 Å². The highest BCUT2D eigenvalue weighted by molar-refractivity contribution is 9.10. The van der Waals surface area contributed by atoms with E-state index >= 15 is 0 Å². The molecule has 0 bridgehead atoms. The molecule has 0 spiro atoms. The van der Waals surface area contributed by atoms with E-state index in [1.807, 2.05) is 6.07 Å². The van der Waals surface area contributed by atoms with Crippen LogP contribution in [0, 0.1) is 23.1 Å². The van der Waals surface area contributed by atoms with Gasteiger partial charge in [-0.2, -0.15) is 5.26 Å². The van der Waals surface area contributed by atoms with Gasteiger partial charge in [-0.1, -0.05) is 6.42 Å². The second kappa shape index (κ2) is 5.68. The molecule has 1 aliphatic carbocycles. The molecular formula is C13H14BrFN2O. The summed E-state index contributed by atoms with van der Waals surface area (Å²) >= 11 is 3.09. The monoisotopic (exact) mass is 312 g/mol. The van der Waals surface area contributed by atoms with Crippen LogP contribution >= 0.6 is 15.9 Å². The van der Waals surface area contributed by atoms with Crippen LogP contribution in [0.2, 0.25) is 0 Å². The van der Waals surface area contributed by atoms with Crippen molar-refractivity contribution < 1.29 is 9.50 Å². The van der Waals surface area contributed by atoms with Crippen molar-refractivity contribution in [2.75, 3.05) is 11.9 Å². The van der Waals surface area contributed by atoms with E-state index in [-0.39, 0.29) is 28.6 Å². The summed E-state index contributed by atoms with van der Waals surface area (Å²) in [6, 6.07) is 5.18. The third kappa shape index (κ3) is 2.50. The predicted molar refractivity (Wildman–Crippen MR) is 70.7 cm³/mol. The molecule has 2 unspecified atom stereocenters. The van der Waals surface area contributed by atoms with Gasteiger partial charge in [0.05, 0.1) is 15.7 Å². The molecule has 2 N–H and O–H groups in total. The normalized spacial score (nSPS) is 22.8. The Morgan fingerprint density at radius 2 is 2.28 bits per heavy atom. The first-order valence-electron chi connectivity index (χ1n) is 5.93. The summed E-state index contributed by atoms with van der Waals surface area (Å²) in [4.78, 5) is 0. The first-order chi connectivity index (χ1) is 8.67. The Bertz CT molecular complexity index is 487. The Labute approximate surface area is 114 Å². The zero-order valence-corrected chi connectivity index (χ0v) is 11.4. The van der Waals surface area contributed by atoms with Crippen molar-refractivity contribution in [2.45, 2.75) is 25.3 Å². The highest BCUT2D eigenvalue weighted by Gasteiger charge is 2.27. The van der Waals surface area contributed by atoms with E-state index in [2.05, 4.69) is 21.2 Å².